The van der Waals surface area contributed by atoms with Gasteiger partial charge in [0.25, 0.3) is 0 Å². The summed E-state index contributed by atoms with van der Waals surface area (Å²) in [6, 6.07) is 13.7. The molecule has 0 N–H and O–H groups in total. The van der Waals surface area contributed by atoms with Gasteiger partial charge in [0.15, 0.2) is 0 Å². The van der Waals surface area contributed by atoms with Crippen molar-refractivity contribution in [1.82, 2.24) is 0 Å². The summed E-state index contributed by atoms with van der Waals surface area (Å²) in [6.07, 6.45) is 3.53. The molecule has 0 aliphatic carbocycles. The summed E-state index contributed by atoms with van der Waals surface area (Å²) >= 11 is 5.93. The maximum absolute atomic E-state index is 11.9. The van der Waals surface area contributed by atoms with Crippen LogP contribution in [-0.4, -0.2) is 26.7 Å². The predicted octanol–water partition coefficient (Wildman–Crippen LogP) is 3.50. The lowest BCUT2D eigenvalue weighted by molar-refractivity contribution is -0.128. The zero-order chi connectivity index (χ0) is 17.9. The monoisotopic (exact) mass is 377 g/mol. The fraction of sp³-hybridized carbons (Fsp3) is 0.167. The maximum atomic E-state index is 11.9. The Morgan fingerprint density at radius 1 is 1.12 bits per heavy atom. The van der Waals surface area contributed by atoms with Crippen molar-refractivity contribution in [2.75, 3.05) is 16.6 Å². The van der Waals surface area contributed by atoms with E-state index in [-0.39, 0.29) is 5.75 Å². The molecule has 2 aromatic carbocycles. The van der Waals surface area contributed by atoms with Gasteiger partial charge in [-0.2, -0.15) is 0 Å². The molecule has 1 aliphatic rings. The van der Waals surface area contributed by atoms with Gasteiger partial charge in [0.1, 0.15) is 5.75 Å². The van der Waals surface area contributed by atoms with E-state index < -0.39 is 16.0 Å². The molecule has 0 unspecified atom stereocenters. The number of sulfonamides is 1. The minimum atomic E-state index is -3.19. The van der Waals surface area contributed by atoms with Crippen molar-refractivity contribution in [3.63, 3.8) is 0 Å². The van der Waals surface area contributed by atoms with Gasteiger partial charge in [-0.3, -0.25) is 4.31 Å². The smallest absolute Gasteiger partial charge is 0.336 e. The summed E-state index contributed by atoms with van der Waals surface area (Å²) in [7, 11) is -3.19. The summed E-state index contributed by atoms with van der Waals surface area (Å²) in [5, 5.41) is 0.362. The number of anilines is 1. The Hall–Kier alpha value is -2.31. The van der Waals surface area contributed by atoms with Crippen molar-refractivity contribution in [2.45, 2.75) is 6.42 Å². The van der Waals surface area contributed by atoms with E-state index in [1.54, 1.807) is 54.6 Å². The lowest BCUT2D eigenvalue weighted by atomic mass is 10.2. The average molecular weight is 378 g/mol. The lowest BCUT2D eigenvalue weighted by Crippen LogP contribution is -2.24. The van der Waals surface area contributed by atoms with Gasteiger partial charge >= 0.3 is 5.97 Å². The fourth-order valence-electron chi connectivity index (χ4n) is 2.52. The molecule has 0 saturated carbocycles. The van der Waals surface area contributed by atoms with Crippen LogP contribution in [0.3, 0.4) is 0 Å². The summed E-state index contributed by atoms with van der Waals surface area (Å²) < 4.78 is 30.4. The largest absolute Gasteiger partial charge is 0.422 e. The molecule has 0 aromatic heterocycles. The second kappa shape index (κ2) is 7.29. The Kier molecular flexibility index (Phi) is 5.11. The minimum Gasteiger partial charge on any atom is -0.422 e. The van der Waals surface area contributed by atoms with Crippen molar-refractivity contribution in [3.05, 3.63) is 65.2 Å². The van der Waals surface area contributed by atoms with Crippen molar-refractivity contribution in [1.29, 1.82) is 0 Å². The number of esters is 1. The number of carbonyl (C=O) groups excluding carboxylic acids is 1. The Morgan fingerprint density at radius 2 is 1.84 bits per heavy atom. The summed E-state index contributed by atoms with van der Waals surface area (Å²) in [4.78, 5) is 11.8. The first-order valence-electron chi connectivity index (χ1n) is 7.71. The standard InChI is InChI=1S/C18H16ClNO4S/c19-16-4-1-2-5-17(16)24-18(21)11-8-14-6-9-15(10-7-14)20-12-3-13-25(20,22)23/h1-2,4-11H,3,12-13H2/b11-8+. The van der Waals surface area contributed by atoms with Crippen LogP contribution in [0.1, 0.15) is 12.0 Å². The summed E-state index contributed by atoms with van der Waals surface area (Å²) in [5.74, 6) is -0.0598. The van der Waals surface area contributed by atoms with E-state index in [9.17, 15) is 13.2 Å². The highest BCUT2D eigenvalue weighted by Crippen LogP contribution is 2.25. The molecule has 0 bridgehead atoms. The van der Waals surface area contributed by atoms with E-state index in [1.807, 2.05) is 0 Å². The third-order valence-corrected chi connectivity index (χ3v) is 5.92. The number of para-hydroxylation sites is 1. The van der Waals surface area contributed by atoms with Gasteiger partial charge in [0.2, 0.25) is 10.0 Å². The first kappa shape index (κ1) is 17.5. The van der Waals surface area contributed by atoms with E-state index in [0.717, 1.165) is 5.56 Å². The van der Waals surface area contributed by atoms with Crippen molar-refractivity contribution in [3.8, 4) is 5.75 Å². The molecule has 0 spiro atoms. The molecule has 2 aromatic rings. The molecule has 0 radical (unpaired) electrons. The zero-order valence-corrected chi connectivity index (χ0v) is 14.8. The van der Waals surface area contributed by atoms with Gasteiger partial charge < -0.3 is 4.74 Å². The molecule has 1 aliphatic heterocycles. The molecule has 5 nitrogen and oxygen atoms in total. The molecule has 1 heterocycles. The number of nitrogens with zero attached hydrogens (tertiary/aromatic N) is 1. The molecule has 1 fully saturated rings. The van der Waals surface area contributed by atoms with Crippen molar-refractivity contribution >= 4 is 39.4 Å². The van der Waals surface area contributed by atoms with E-state index in [2.05, 4.69) is 0 Å². The molecule has 1 saturated heterocycles. The van der Waals surface area contributed by atoms with Crippen molar-refractivity contribution in [2.24, 2.45) is 0 Å². The van der Waals surface area contributed by atoms with Crippen LogP contribution < -0.4 is 9.04 Å². The van der Waals surface area contributed by atoms with E-state index >= 15 is 0 Å². The molecule has 25 heavy (non-hydrogen) atoms. The highest BCUT2D eigenvalue weighted by Gasteiger charge is 2.28. The van der Waals surface area contributed by atoms with Crippen LogP contribution in [0.4, 0.5) is 5.69 Å². The lowest BCUT2D eigenvalue weighted by Gasteiger charge is -2.16. The molecule has 0 atom stereocenters. The zero-order valence-electron chi connectivity index (χ0n) is 13.3. The van der Waals surface area contributed by atoms with Gasteiger partial charge in [0.05, 0.1) is 16.5 Å². The second-order valence-corrected chi connectivity index (χ2v) is 7.94. The van der Waals surface area contributed by atoms with Gasteiger partial charge in [-0.15, -0.1) is 0 Å². The van der Waals surface area contributed by atoms with Crippen LogP contribution in [0.2, 0.25) is 5.02 Å². The number of halogens is 1. The summed E-state index contributed by atoms with van der Waals surface area (Å²) in [6.45, 7) is 0.502. The van der Waals surface area contributed by atoms with Crippen LogP contribution >= 0.6 is 11.6 Å². The van der Waals surface area contributed by atoms with E-state index in [4.69, 9.17) is 16.3 Å². The van der Waals surface area contributed by atoms with Gasteiger partial charge in [-0.05, 0) is 42.3 Å². The quantitative estimate of drug-likeness (QED) is 0.464. The van der Waals surface area contributed by atoms with Crippen LogP contribution in [0, 0.1) is 0 Å². The van der Waals surface area contributed by atoms with Crippen LogP contribution in [0.15, 0.2) is 54.6 Å². The minimum absolute atomic E-state index is 0.183. The summed E-state index contributed by atoms with van der Waals surface area (Å²) in [5.41, 5.74) is 1.39. The highest BCUT2D eigenvalue weighted by atomic mass is 35.5. The van der Waals surface area contributed by atoms with Gasteiger partial charge in [0, 0.05) is 12.6 Å². The highest BCUT2D eigenvalue weighted by molar-refractivity contribution is 7.93. The molecule has 130 valence electrons. The molecule has 3 rings (SSSR count). The van der Waals surface area contributed by atoms with Crippen LogP contribution in [0.5, 0.6) is 5.75 Å². The third-order valence-electron chi connectivity index (χ3n) is 3.74. The van der Waals surface area contributed by atoms with E-state index in [0.29, 0.717) is 29.4 Å². The van der Waals surface area contributed by atoms with Crippen molar-refractivity contribution < 1.29 is 17.9 Å². The van der Waals surface area contributed by atoms with Crippen LogP contribution in [-0.2, 0) is 14.8 Å². The number of hydrogen-bond donors (Lipinski definition) is 0. The Labute approximate surface area is 151 Å². The number of carbonyl (C=O) groups is 1. The molecule has 7 heteroatoms. The number of hydrogen-bond acceptors (Lipinski definition) is 4. The second-order valence-electron chi connectivity index (χ2n) is 5.52. The SMILES string of the molecule is O=C(/C=C/c1ccc(N2CCCS2(=O)=O)cc1)Oc1ccccc1Cl. The van der Waals surface area contributed by atoms with Gasteiger partial charge in [-0.1, -0.05) is 35.9 Å². The topological polar surface area (TPSA) is 63.7 Å². The maximum Gasteiger partial charge on any atom is 0.336 e. The first-order chi connectivity index (χ1) is 12.0. The number of benzene rings is 2. The number of rotatable bonds is 4. The Morgan fingerprint density at radius 3 is 2.48 bits per heavy atom. The fourth-order valence-corrected chi connectivity index (χ4v) is 4.25. The van der Waals surface area contributed by atoms with Gasteiger partial charge in [-0.25, -0.2) is 13.2 Å². The first-order valence-corrected chi connectivity index (χ1v) is 9.69. The number of ether oxygens (including phenoxy) is 1. The normalized spacial score (nSPS) is 16.3. The predicted molar refractivity (Wildman–Crippen MR) is 98.3 cm³/mol. The molecular formula is C18H16ClNO4S. The molecular weight excluding hydrogens is 362 g/mol. The molecule has 0 amide bonds. The third kappa shape index (κ3) is 4.21. The van der Waals surface area contributed by atoms with Crippen LogP contribution in [0.25, 0.3) is 6.08 Å². The average Bonchev–Trinajstić information content (AvgIpc) is 2.95. The Bertz CT molecular complexity index is 907. The Balaban J connectivity index is 1.66. The van der Waals surface area contributed by atoms with E-state index in [1.165, 1.54) is 10.4 Å².